The maximum absolute atomic E-state index is 13.2. The zero-order valence-corrected chi connectivity index (χ0v) is 16.6. The Balaban J connectivity index is 1.39. The SMILES string of the molecule is C[C@H](NC(=O)N1CCN(c2ccccc2)CC1)C(=O)NCCc1cccc(F)c1. The summed E-state index contributed by atoms with van der Waals surface area (Å²) in [5.74, 6) is -0.542. The van der Waals surface area contributed by atoms with Gasteiger partial charge < -0.3 is 20.4 Å². The summed E-state index contributed by atoms with van der Waals surface area (Å²) >= 11 is 0. The summed E-state index contributed by atoms with van der Waals surface area (Å²) in [6, 6.07) is 15.5. The number of para-hydroxylation sites is 1. The van der Waals surface area contributed by atoms with Crippen molar-refractivity contribution in [3.05, 3.63) is 66.0 Å². The van der Waals surface area contributed by atoms with Crippen LogP contribution < -0.4 is 15.5 Å². The second kappa shape index (κ2) is 9.91. The topological polar surface area (TPSA) is 64.7 Å². The highest BCUT2D eigenvalue weighted by Crippen LogP contribution is 2.15. The molecule has 1 heterocycles. The predicted octanol–water partition coefficient (Wildman–Crippen LogP) is 2.40. The molecule has 0 saturated carbocycles. The van der Waals surface area contributed by atoms with Crippen LogP contribution in [0.25, 0.3) is 0 Å². The number of carbonyl (C=O) groups excluding carboxylic acids is 2. The number of carbonyl (C=O) groups is 2. The van der Waals surface area contributed by atoms with Gasteiger partial charge in [-0.25, -0.2) is 9.18 Å². The van der Waals surface area contributed by atoms with Crippen molar-refractivity contribution in [2.24, 2.45) is 0 Å². The van der Waals surface area contributed by atoms with Gasteiger partial charge >= 0.3 is 6.03 Å². The van der Waals surface area contributed by atoms with E-state index in [1.54, 1.807) is 17.9 Å². The van der Waals surface area contributed by atoms with Crippen LogP contribution in [-0.2, 0) is 11.2 Å². The molecule has 2 aromatic carbocycles. The van der Waals surface area contributed by atoms with Crippen LogP contribution >= 0.6 is 0 Å². The van der Waals surface area contributed by atoms with Gasteiger partial charge in [0.2, 0.25) is 5.91 Å². The first-order valence-corrected chi connectivity index (χ1v) is 9.90. The van der Waals surface area contributed by atoms with Crippen LogP contribution in [0.15, 0.2) is 54.6 Å². The molecule has 154 valence electrons. The molecule has 7 heteroatoms. The standard InChI is InChI=1S/C22H27FN4O2/c1-17(21(28)24-11-10-18-6-5-7-19(23)16-18)25-22(29)27-14-12-26(13-15-27)20-8-3-2-4-9-20/h2-9,16-17H,10-15H2,1H3,(H,24,28)(H,25,29)/t17-/m0/s1. The molecule has 0 aliphatic carbocycles. The van der Waals surface area contributed by atoms with Gasteiger partial charge in [-0.2, -0.15) is 0 Å². The van der Waals surface area contributed by atoms with Crippen LogP contribution in [0.2, 0.25) is 0 Å². The fourth-order valence-electron chi connectivity index (χ4n) is 3.32. The molecule has 0 unspecified atom stereocenters. The van der Waals surface area contributed by atoms with Crippen molar-refractivity contribution in [2.75, 3.05) is 37.6 Å². The first-order chi connectivity index (χ1) is 14.0. The Morgan fingerprint density at radius 3 is 2.45 bits per heavy atom. The van der Waals surface area contributed by atoms with Crippen LogP contribution in [0.5, 0.6) is 0 Å². The van der Waals surface area contributed by atoms with Crippen molar-refractivity contribution in [3.63, 3.8) is 0 Å². The molecule has 3 amide bonds. The molecular formula is C22H27FN4O2. The van der Waals surface area contributed by atoms with E-state index in [9.17, 15) is 14.0 Å². The van der Waals surface area contributed by atoms with Crippen molar-refractivity contribution in [2.45, 2.75) is 19.4 Å². The van der Waals surface area contributed by atoms with Gasteiger partial charge in [-0.3, -0.25) is 4.79 Å². The third-order valence-corrected chi connectivity index (χ3v) is 5.02. The summed E-state index contributed by atoms with van der Waals surface area (Å²) in [5, 5.41) is 5.54. The second-order valence-electron chi connectivity index (χ2n) is 7.15. The largest absolute Gasteiger partial charge is 0.368 e. The number of rotatable bonds is 6. The summed E-state index contributed by atoms with van der Waals surface area (Å²) in [5.41, 5.74) is 1.97. The highest BCUT2D eigenvalue weighted by molar-refractivity contribution is 5.86. The Bertz CT molecular complexity index is 823. The van der Waals surface area contributed by atoms with E-state index in [0.29, 0.717) is 26.1 Å². The van der Waals surface area contributed by atoms with Gasteiger partial charge in [-0.05, 0) is 43.2 Å². The maximum Gasteiger partial charge on any atom is 0.318 e. The highest BCUT2D eigenvalue weighted by Gasteiger charge is 2.24. The number of nitrogens with zero attached hydrogens (tertiary/aromatic N) is 2. The number of hydrogen-bond donors (Lipinski definition) is 2. The highest BCUT2D eigenvalue weighted by atomic mass is 19.1. The van der Waals surface area contributed by atoms with Crippen molar-refractivity contribution in [1.82, 2.24) is 15.5 Å². The summed E-state index contributed by atoms with van der Waals surface area (Å²) in [4.78, 5) is 28.7. The monoisotopic (exact) mass is 398 g/mol. The van der Waals surface area contributed by atoms with Crippen LogP contribution in [0, 0.1) is 5.82 Å². The van der Waals surface area contributed by atoms with Gasteiger partial charge in [0, 0.05) is 38.4 Å². The first-order valence-electron chi connectivity index (χ1n) is 9.90. The minimum absolute atomic E-state index is 0.231. The number of piperazine rings is 1. The Labute approximate surface area is 170 Å². The Kier molecular flexibility index (Phi) is 7.05. The quantitative estimate of drug-likeness (QED) is 0.786. The number of amides is 3. The number of urea groups is 1. The lowest BCUT2D eigenvalue weighted by molar-refractivity contribution is -0.122. The van der Waals surface area contributed by atoms with Crippen molar-refractivity contribution in [3.8, 4) is 0 Å². The van der Waals surface area contributed by atoms with Gasteiger partial charge in [0.15, 0.2) is 0 Å². The molecular weight excluding hydrogens is 371 g/mol. The first kappa shape index (κ1) is 20.6. The summed E-state index contributed by atoms with van der Waals surface area (Å²) < 4.78 is 13.2. The number of hydrogen-bond acceptors (Lipinski definition) is 3. The normalized spacial score (nSPS) is 15.0. The van der Waals surface area contributed by atoms with Crippen LogP contribution in [0.1, 0.15) is 12.5 Å². The maximum atomic E-state index is 13.2. The van der Waals surface area contributed by atoms with Crippen LogP contribution in [0.3, 0.4) is 0 Å². The van der Waals surface area contributed by atoms with E-state index in [2.05, 4.69) is 27.7 Å². The van der Waals surface area contributed by atoms with Gasteiger partial charge in [0.1, 0.15) is 11.9 Å². The molecule has 29 heavy (non-hydrogen) atoms. The van der Waals surface area contributed by atoms with Crippen LogP contribution in [-0.4, -0.2) is 55.6 Å². The van der Waals surface area contributed by atoms with E-state index in [1.165, 1.54) is 12.1 Å². The molecule has 1 aliphatic heterocycles. The van der Waals surface area contributed by atoms with E-state index in [4.69, 9.17) is 0 Å². The van der Waals surface area contributed by atoms with E-state index in [0.717, 1.165) is 24.3 Å². The smallest absolute Gasteiger partial charge is 0.318 e. The Morgan fingerprint density at radius 1 is 1.03 bits per heavy atom. The average Bonchev–Trinajstić information content (AvgIpc) is 2.74. The van der Waals surface area contributed by atoms with E-state index in [-0.39, 0.29) is 17.8 Å². The van der Waals surface area contributed by atoms with E-state index in [1.807, 2.05) is 24.3 Å². The van der Waals surface area contributed by atoms with Gasteiger partial charge in [-0.1, -0.05) is 30.3 Å². The van der Waals surface area contributed by atoms with E-state index >= 15 is 0 Å². The van der Waals surface area contributed by atoms with Gasteiger partial charge in [-0.15, -0.1) is 0 Å². The number of anilines is 1. The van der Waals surface area contributed by atoms with E-state index < -0.39 is 6.04 Å². The van der Waals surface area contributed by atoms with Gasteiger partial charge in [0.05, 0.1) is 0 Å². The van der Waals surface area contributed by atoms with Gasteiger partial charge in [0.25, 0.3) is 0 Å². The molecule has 0 radical (unpaired) electrons. The molecule has 2 aromatic rings. The molecule has 1 aliphatic rings. The summed E-state index contributed by atoms with van der Waals surface area (Å²) in [7, 11) is 0. The van der Waals surface area contributed by atoms with Crippen molar-refractivity contribution < 1.29 is 14.0 Å². The third-order valence-electron chi connectivity index (χ3n) is 5.02. The molecule has 6 nitrogen and oxygen atoms in total. The Hall–Kier alpha value is -3.09. The number of halogens is 1. The molecule has 0 bridgehead atoms. The van der Waals surface area contributed by atoms with Crippen molar-refractivity contribution in [1.29, 1.82) is 0 Å². The fourth-order valence-corrected chi connectivity index (χ4v) is 3.32. The van der Waals surface area contributed by atoms with Crippen molar-refractivity contribution >= 4 is 17.6 Å². The third kappa shape index (κ3) is 5.94. The molecule has 0 spiro atoms. The zero-order chi connectivity index (χ0) is 20.6. The Morgan fingerprint density at radius 2 is 1.76 bits per heavy atom. The lowest BCUT2D eigenvalue weighted by atomic mass is 10.1. The molecule has 1 fully saturated rings. The average molecular weight is 398 g/mol. The summed E-state index contributed by atoms with van der Waals surface area (Å²) in [6.45, 7) is 4.77. The number of benzene rings is 2. The number of nitrogens with one attached hydrogen (secondary N) is 2. The molecule has 2 N–H and O–H groups in total. The summed E-state index contributed by atoms with van der Waals surface area (Å²) in [6.07, 6.45) is 0.533. The molecule has 3 rings (SSSR count). The lowest BCUT2D eigenvalue weighted by Crippen LogP contribution is -2.55. The zero-order valence-electron chi connectivity index (χ0n) is 16.6. The fraction of sp³-hybridized carbons (Fsp3) is 0.364. The van der Waals surface area contributed by atoms with Crippen LogP contribution in [0.4, 0.5) is 14.9 Å². The minimum atomic E-state index is -0.637. The second-order valence-corrected chi connectivity index (χ2v) is 7.15. The molecule has 1 atom stereocenters. The minimum Gasteiger partial charge on any atom is -0.368 e. The lowest BCUT2D eigenvalue weighted by Gasteiger charge is -2.36. The predicted molar refractivity (Wildman–Crippen MR) is 111 cm³/mol. The molecule has 0 aromatic heterocycles. The molecule has 1 saturated heterocycles.